The monoisotopic (exact) mass is 417 g/mol. The number of thiazole rings is 1. The van der Waals surface area contributed by atoms with Crippen LogP contribution in [0.15, 0.2) is 35.8 Å². The second kappa shape index (κ2) is 9.32. The van der Waals surface area contributed by atoms with Gasteiger partial charge < -0.3 is 4.74 Å². The minimum absolute atomic E-state index is 0.103. The first kappa shape index (κ1) is 20.4. The first-order valence-electron chi connectivity index (χ1n) is 10.5. The van der Waals surface area contributed by atoms with Crippen LogP contribution >= 0.6 is 11.3 Å². The molecule has 1 aliphatic heterocycles. The molecule has 29 heavy (non-hydrogen) atoms. The number of hydrogen-bond donors (Lipinski definition) is 0. The summed E-state index contributed by atoms with van der Waals surface area (Å²) < 4.78 is 19.5. The highest BCUT2D eigenvalue weighted by atomic mass is 32.1. The second-order valence-electron chi connectivity index (χ2n) is 7.90. The van der Waals surface area contributed by atoms with Gasteiger partial charge in [-0.2, -0.15) is 0 Å². The van der Waals surface area contributed by atoms with Gasteiger partial charge in [-0.05, 0) is 37.5 Å². The molecule has 0 radical (unpaired) electrons. The molecule has 0 spiro atoms. The fourth-order valence-corrected chi connectivity index (χ4v) is 5.11. The Morgan fingerprint density at radius 1 is 1.34 bits per heavy atom. The summed E-state index contributed by atoms with van der Waals surface area (Å²) in [4.78, 5) is 22.1. The third-order valence-corrected chi connectivity index (χ3v) is 6.80. The molecule has 1 aromatic heterocycles. The van der Waals surface area contributed by atoms with Gasteiger partial charge in [-0.15, -0.1) is 11.3 Å². The number of anilines is 1. The van der Waals surface area contributed by atoms with E-state index in [0.29, 0.717) is 19.7 Å². The highest BCUT2D eigenvalue weighted by molar-refractivity contribution is 7.13. The number of halogens is 1. The van der Waals surface area contributed by atoms with Crippen molar-refractivity contribution in [2.45, 2.75) is 57.2 Å². The van der Waals surface area contributed by atoms with Crippen molar-refractivity contribution in [2.75, 3.05) is 24.6 Å². The van der Waals surface area contributed by atoms with Crippen LogP contribution in [0.5, 0.6) is 0 Å². The van der Waals surface area contributed by atoms with Crippen LogP contribution in [0.3, 0.4) is 0 Å². The number of carbonyl (C=O) groups excluding carboxylic acids is 1. The zero-order valence-corrected chi connectivity index (χ0v) is 17.6. The standard InChI is InChI=1S/C22H28FN3O2S/c1-16(25-11-12-28-20(15-25)17-6-5-7-18(23)14-17)21(27)26(22-24-10-13-29-22)19-8-3-2-4-9-19/h5-7,10,13-14,16,19-20H,2-4,8-9,11-12,15H2,1H3. The second-order valence-corrected chi connectivity index (χ2v) is 8.77. The summed E-state index contributed by atoms with van der Waals surface area (Å²) in [5.74, 6) is -0.161. The number of rotatable bonds is 5. The summed E-state index contributed by atoms with van der Waals surface area (Å²) in [6.07, 6.45) is 7.17. The molecule has 1 aliphatic carbocycles. The lowest BCUT2D eigenvalue weighted by Crippen LogP contribution is -2.54. The molecule has 5 nitrogen and oxygen atoms in total. The Bertz CT molecular complexity index is 810. The summed E-state index contributed by atoms with van der Waals surface area (Å²) in [7, 11) is 0. The van der Waals surface area contributed by atoms with E-state index in [-0.39, 0.29) is 29.9 Å². The minimum atomic E-state index is -0.277. The zero-order valence-electron chi connectivity index (χ0n) is 16.8. The molecular formula is C22H28FN3O2S. The van der Waals surface area contributed by atoms with Crippen molar-refractivity contribution in [1.82, 2.24) is 9.88 Å². The van der Waals surface area contributed by atoms with Crippen molar-refractivity contribution < 1.29 is 13.9 Å². The molecular weight excluding hydrogens is 389 g/mol. The van der Waals surface area contributed by atoms with Crippen LogP contribution in [0, 0.1) is 5.82 Å². The summed E-state index contributed by atoms with van der Waals surface area (Å²) in [5, 5.41) is 2.72. The zero-order chi connectivity index (χ0) is 20.2. The minimum Gasteiger partial charge on any atom is -0.371 e. The van der Waals surface area contributed by atoms with Crippen molar-refractivity contribution in [1.29, 1.82) is 0 Å². The maximum atomic E-state index is 13.6. The lowest BCUT2D eigenvalue weighted by Gasteiger charge is -2.40. The topological polar surface area (TPSA) is 45.7 Å². The predicted octanol–water partition coefficient (Wildman–Crippen LogP) is 4.41. The van der Waals surface area contributed by atoms with Gasteiger partial charge >= 0.3 is 0 Å². The van der Waals surface area contributed by atoms with Crippen LogP contribution in [0.2, 0.25) is 0 Å². The Kier molecular flexibility index (Phi) is 6.57. The van der Waals surface area contributed by atoms with E-state index in [4.69, 9.17) is 4.74 Å². The van der Waals surface area contributed by atoms with Gasteiger partial charge in [-0.1, -0.05) is 31.4 Å². The van der Waals surface area contributed by atoms with E-state index in [2.05, 4.69) is 9.88 Å². The van der Waals surface area contributed by atoms with Crippen LogP contribution < -0.4 is 4.90 Å². The average Bonchev–Trinajstić information content (AvgIpc) is 3.28. The highest BCUT2D eigenvalue weighted by Crippen LogP contribution is 2.31. The number of amides is 1. The number of ether oxygens (including phenoxy) is 1. The van der Waals surface area contributed by atoms with Gasteiger partial charge in [-0.3, -0.25) is 14.6 Å². The Morgan fingerprint density at radius 2 is 2.17 bits per heavy atom. The van der Waals surface area contributed by atoms with Gasteiger partial charge in [0, 0.05) is 30.7 Å². The molecule has 2 heterocycles. The van der Waals surface area contributed by atoms with Crippen LogP contribution in [-0.4, -0.2) is 47.6 Å². The molecule has 2 fully saturated rings. The third kappa shape index (κ3) is 4.68. The van der Waals surface area contributed by atoms with E-state index in [1.807, 2.05) is 23.3 Å². The van der Waals surface area contributed by atoms with Crippen molar-refractivity contribution >= 4 is 22.4 Å². The molecule has 0 N–H and O–H groups in total. The fourth-order valence-electron chi connectivity index (χ4n) is 4.39. The molecule has 7 heteroatoms. The van der Waals surface area contributed by atoms with Gasteiger partial charge in [0.1, 0.15) is 5.82 Å². The van der Waals surface area contributed by atoms with E-state index >= 15 is 0 Å². The number of aromatic nitrogens is 1. The van der Waals surface area contributed by atoms with Gasteiger partial charge in [-0.25, -0.2) is 9.37 Å². The Hall–Kier alpha value is -1.83. The molecule has 2 atom stereocenters. The summed E-state index contributed by atoms with van der Waals surface area (Å²) >= 11 is 1.53. The molecule has 1 saturated heterocycles. The maximum Gasteiger partial charge on any atom is 0.246 e. The molecule has 1 saturated carbocycles. The first-order valence-corrected chi connectivity index (χ1v) is 11.3. The van der Waals surface area contributed by atoms with E-state index in [1.165, 1.54) is 29.9 Å². The van der Waals surface area contributed by atoms with Gasteiger partial charge in [0.05, 0.1) is 18.8 Å². The Balaban J connectivity index is 1.50. The van der Waals surface area contributed by atoms with E-state index in [0.717, 1.165) is 36.4 Å². The molecule has 1 amide bonds. The number of hydrogen-bond acceptors (Lipinski definition) is 5. The predicted molar refractivity (Wildman–Crippen MR) is 113 cm³/mol. The van der Waals surface area contributed by atoms with Crippen molar-refractivity contribution in [3.8, 4) is 0 Å². The number of morpholine rings is 1. The molecule has 2 aliphatic rings. The summed E-state index contributed by atoms with van der Waals surface area (Å²) in [5.41, 5.74) is 0.818. The quantitative estimate of drug-likeness (QED) is 0.723. The van der Waals surface area contributed by atoms with Crippen LogP contribution in [0.25, 0.3) is 0 Å². The normalized spacial score (nSPS) is 22.3. The number of carbonyl (C=O) groups is 1. The fraction of sp³-hybridized carbons (Fsp3) is 0.545. The lowest BCUT2D eigenvalue weighted by molar-refractivity contribution is -0.127. The molecule has 0 bridgehead atoms. The Labute approximate surface area is 175 Å². The Morgan fingerprint density at radius 3 is 2.90 bits per heavy atom. The summed E-state index contributed by atoms with van der Waals surface area (Å²) in [6, 6.07) is 6.49. The van der Waals surface area contributed by atoms with E-state index < -0.39 is 0 Å². The van der Waals surface area contributed by atoms with E-state index in [9.17, 15) is 9.18 Å². The van der Waals surface area contributed by atoms with Crippen molar-refractivity contribution in [2.24, 2.45) is 0 Å². The molecule has 2 unspecified atom stereocenters. The van der Waals surface area contributed by atoms with Gasteiger partial charge in [0.25, 0.3) is 0 Å². The van der Waals surface area contributed by atoms with Crippen LogP contribution in [-0.2, 0) is 9.53 Å². The van der Waals surface area contributed by atoms with E-state index in [1.54, 1.807) is 12.3 Å². The van der Waals surface area contributed by atoms with Crippen LogP contribution in [0.1, 0.15) is 50.7 Å². The van der Waals surface area contributed by atoms with Gasteiger partial charge in [0.2, 0.25) is 5.91 Å². The van der Waals surface area contributed by atoms with Crippen LogP contribution in [0.4, 0.5) is 9.52 Å². The highest BCUT2D eigenvalue weighted by Gasteiger charge is 2.35. The average molecular weight is 418 g/mol. The molecule has 2 aromatic rings. The van der Waals surface area contributed by atoms with Crippen molar-refractivity contribution in [3.63, 3.8) is 0 Å². The maximum absolute atomic E-state index is 13.6. The first-order chi connectivity index (χ1) is 14.1. The third-order valence-electron chi connectivity index (χ3n) is 6.03. The number of nitrogens with zero attached hydrogens (tertiary/aromatic N) is 3. The largest absolute Gasteiger partial charge is 0.371 e. The number of benzene rings is 1. The molecule has 1 aromatic carbocycles. The van der Waals surface area contributed by atoms with Gasteiger partial charge in [0.15, 0.2) is 5.13 Å². The van der Waals surface area contributed by atoms with Crippen molar-refractivity contribution in [3.05, 3.63) is 47.2 Å². The SMILES string of the molecule is CC(C(=O)N(c1nccs1)C1CCCCC1)N1CCOC(c2cccc(F)c2)C1. The smallest absolute Gasteiger partial charge is 0.246 e. The molecule has 4 rings (SSSR count). The molecule has 156 valence electrons. The lowest BCUT2D eigenvalue weighted by atomic mass is 9.94. The summed E-state index contributed by atoms with van der Waals surface area (Å²) in [6.45, 7) is 3.76.